The highest BCUT2D eigenvalue weighted by atomic mass is 32.2. The summed E-state index contributed by atoms with van der Waals surface area (Å²) < 4.78 is 25.5. The van der Waals surface area contributed by atoms with E-state index in [0.29, 0.717) is 22.3 Å². The number of alkyl halides is 2. The van der Waals surface area contributed by atoms with Crippen molar-refractivity contribution in [2.45, 2.75) is 17.2 Å². The van der Waals surface area contributed by atoms with Gasteiger partial charge in [0.05, 0.1) is 5.69 Å². The summed E-state index contributed by atoms with van der Waals surface area (Å²) in [7, 11) is 0. The molecule has 0 spiro atoms. The number of halogens is 2. The highest BCUT2D eigenvalue weighted by Crippen LogP contribution is 2.48. The minimum atomic E-state index is -2.84. The number of benzene rings is 1. The van der Waals surface area contributed by atoms with Crippen LogP contribution in [-0.4, -0.2) is 5.38 Å². The molecule has 12 heavy (non-hydrogen) atoms. The SMILES string of the molecule is Cc1cccc2c1NC(F)(F)S2. The van der Waals surface area contributed by atoms with Gasteiger partial charge in [-0.25, -0.2) is 0 Å². The van der Waals surface area contributed by atoms with E-state index in [9.17, 15) is 8.78 Å². The molecular weight excluding hydrogens is 180 g/mol. The Balaban J connectivity index is 2.48. The Hall–Kier alpha value is -0.770. The molecule has 2 rings (SSSR count). The van der Waals surface area contributed by atoms with E-state index in [2.05, 4.69) is 5.32 Å². The van der Waals surface area contributed by atoms with Crippen LogP contribution in [0.25, 0.3) is 0 Å². The van der Waals surface area contributed by atoms with Gasteiger partial charge in [0.15, 0.2) is 0 Å². The molecule has 0 fully saturated rings. The molecule has 64 valence electrons. The van der Waals surface area contributed by atoms with Crippen LogP contribution in [0.3, 0.4) is 0 Å². The minimum Gasteiger partial charge on any atom is -0.316 e. The fourth-order valence-electron chi connectivity index (χ4n) is 1.20. The van der Waals surface area contributed by atoms with E-state index < -0.39 is 5.38 Å². The summed E-state index contributed by atoms with van der Waals surface area (Å²) >= 11 is 0.563. The number of thioether (sulfide) groups is 1. The highest BCUT2D eigenvalue weighted by molar-refractivity contribution is 8.01. The summed E-state index contributed by atoms with van der Waals surface area (Å²) in [5.74, 6) is 0. The lowest BCUT2D eigenvalue weighted by atomic mass is 10.2. The lowest BCUT2D eigenvalue weighted by Gasteiger charge is -2.07. The van der Waals surface area contributed by atoms with E-state index >= 15 is 0 Å². The number of hydrogen-bond acceptors (Lipinski definition) is 2. The summed E-state index contributed by atoms with van der Waals surface area (Å²) in [6.07, 6.45) is 0. The fraction of sp³-hybridized carbons (Fsp3) is 0.250. The molecule has 0 unspecified atom stereocenters. The first-order chi connectivity index (χ1) is 5.58. The van der Waals surface area contributed by atoms with Crippen molar-refractivity contribution in [1.82, 2.24) is 0 Å². The van der Waals surface area contributed by atoms with Crippen LogP contribution in [-0.2, 0) is 0 Å². The van der Waals surface area contributed by atoms with Crippen LogP contribution in [0.2, 0.25) is 0 Å². The van der Waals surface area contributed by atoms with Crippen LogP contribution < -0.4 is 5.32 Å². The quantitative estimate of drug-likeness (QED) is 0.626. The maximum Gasteiger partial charge on any atom is 0.378 e. The lowest BCUT2D eigenvalue weighted by Crippen LogP contribution is -2.17. The van der Waals surface area contributed by atoms with Crippen LogP contribution >= 0.6 is 11.8 Å². The molecule has 0 amide bonds. The maximum absolute atomic E-state index is 12.8. The number of fused-ring (bicyclic) bond motifs is 1. The number of hydrogen-bond donors (Lipinski definition) is 1. The predicted molar refractivity (Wildman–Crippen MR) is 45.6 cm³/mol. The second-order valence-electron chi connectivity index (χ2n) is 2.69. The molecule has 1 aromatic rings. The van der Waals surface area contributed by atoms with Gasteiger partial charge >= 0.3 is 5.38 Å². The Morgan fingerprint density at radius 3 is 2.83 bits per heavy atom. The van der Waals surface area contributed by atoms with Crippen LogP contribution in [0.4, 0.5) is 14.5 Å². The molecule has 4 heteroatoms. The largest absolute Gasteiger partial charge is 0.378 e. The standard InChI is InChI=1S/C8H7F2NS/c1-5-3-2-4-6-7(5)11-8(9,10)12-6/h2-4,11H,1H3. The van der Waals surface area contributed by atoms with E-state index in [1.807, 2.05) is 13.0 Å². The fourth-order valence-corrected chi connectivity index (χ4v) is 2.09. The van der Waals surface area contributed by atoms with Crippen molar-refractivity contribution in [3.63, 3.8) is 0 Å². The van der Waals surface area contributed by atoms with Crippen molar-refractivity contribution < 1.29 is 8.78 Å². The average molecular weight is 187 g/mol. The average Bonchev–Trinajstić information content (AvgIpc) is 2.25. The van der Waals surface area contributed by atoms with E-state index in [1.165, 1.54) is 0 Å². The first-order valence-corrected chi connectivity index (χ1v) is 4.35. The smallest absolute Gasteiger partial charge is 0.316 e. The molecule has 1 N–H and O–H groups in total. The van der Waals surface area contributed by atoms with Gasteiger partial charge in [0.25, 0.3) is 0 Å². The van der Waals surface area contributed by atoms with Crippen LogP contribution in [0, 0.1) is 6.92 Å². The van der Waals surface area contributed by atoms with Gasteiger partial charge in [-0.05, 0) is 30.3 Å². The van der Waals surface area contributed by atoms with Gasteiger partial charge in [-0.15, -0.1) is 0 Å². The van der Waals surface area contributed by atoms with Gasteiger partial charge in [-0.1, -0.05) is 12.1 Å². The lowest BCUT2D eigenvalue weighted by molar-refractivity contribution is 0.142. The molecule has 0 radical (unpaired) electrons. The monoisotopic (exact) mass is 187 g/mol. The third-order valence-electron chi connectivity index (χ3n) is 1.74. The van der Waals surface area contributed by atoms with Gasteiger partial charge in [0, 0.05) is 4.90 Å². The molecule has 0 saturated heterocycles. The Kier molecular flexibility index (Phi) is 1.54. The second-order valence-corrected chi connectivity index (χ2v) is 3.85. The summed E-state index contributed by atoms with van der Waals surface area (Å²) in [5, 5.41) is -0.667. The van der Waals surface area contributed by atoms with Crippen molar-refractivity contribution in [2.24, 2.45) is 0 Å². The van der Waals surface area contributed by atoms with Gasteiger partial charge < -0.3 is 5.32 Å². The van der Waals surface area contributed by atoms with Crippen molar-refractivity contribution in [2.75, 3.05) is 5.32 Å². The number of aryl methyl sites for hydroxylation is 1. The van der Waals surface area contributed by atoms with E-state index in [-0.39, 0.29) is 0 Å². The molecular formula is C8H7F2NS. The maximum atomic E-state index is 12.8. The summed E-state index contributed by atoms with van der Waals surface area (Å²) in [6.45, 7) is 1.81. The first-order valence-electron chi connectivity index (χ1n) is 3.53. The van der Waals surface area contributed by atoms with Crippen molar-refractivity contribution in [3.05, 3.63) is 23.8 Å². The normalized spacial score (nSPS) is 18.6. The Labute approximate surface area is 73.2 Å². The molecule has 0 aromatic heterocycles. The Morgan fingerprint density at radius 2 is 2.17 bits per heavy atom. The Bertz CT molecular complexity index is 325. The third-order valence-corrected chi connectivity index (χ3v) is 2.66. The van der Waals surface area contributed by atoms with Crippen LogP contribution in [0.15, 0.2) is 23.1 Å². The first kappa shape index (κ1) is 7.86. The topological polar surface area (TPSA) is 12.0 Å². The molecule has 1 nitrogen and oxygen atoms in total. The zero-order valence-corrected chi connectivity index (χ0v) is 7.21. The van der Waals surface area contributed by atoms with Gasteiger partial charge in [0.2, 0.25) is 0 Å². The van der Waals surface area contributed by atoms with Crippen LogP contribution in [0.1, 0.15) is 5.56 Å². The molecule has 0 atom stereocenters. The Morgan fingerprint density at radius 1 is 1.42 bits per heavy atom. The number of rotatable bonds is 0. The molecule has 1 aliphatic rings. The number of anilines is 1. The molecule has 0 bridgehead atoms. The molecule has 1 aliphatic heterocycles. The number of nitrogens with one attached hydrogen (secondary N) is 1. The van der Waals surface area contributed by atoms with Gasteiger partial charge in [-0.2, -0.15) is 8.78 Å². The van der Waals surface area contributed by atoms with Gasteiger partial charge in [0.1, 0.15) is 0 Å². The zero-order valence-electron chi connectivity index (χ0n) is 6.40. The number of para-hydroxylation sites is 1. The highest BCUT2D eigenvalue weighted by Gasteiger charge is 2.38. The summed E-state index contributed by atoms with van der Waals surface area (Å²) in [5.41, 5.74) is 1.42. The van der Waals surface area contributed by atoms with Crippen molar-refractivity contribution >= 4 is 17.4 Å². The summed E-state index contributed by atoms with van der Waals surface area (Å²) in [4.78, 5) is 0.625. The van der Waals surface area contributed by atoms with E-state index in [4.69, 9.17) is 0 Å². The van der Waals surface area contributed by atoms with Crippen molar-refractivity contribution in [1.29, 1.82) is 0 Å². The molecule has 0 aliphatic carbocycles. The zero-order chi connectivity index (χ0) is 8.77. The second kappa shape index (κ2) is 2.36. The van der Waals surface area contributed by atoms with Crippen LogP contribution in [0.5, 0.6) is 0 Å². The molecule has 1 heterocycles. The minimum absolute atomic E-state index is 0.563. The van der Waals surface area contributed by atoms with E-state index in [1.54, 1.807) is 12.1 Å². The predicted octanol–water partition coefficient (Wildman–Crippen LogP) is 3.06. The van der Waals surface area contributed by atoms with Crippen molar-refractivity contribution in [3.8, 4) is 0 Å². The summed E-state index contributed by atoms with van der Waals surface area (Å²) in [6, 6.07) is 5.29. The van der Waals surface area contributed by atoms with E-state index in [0.717, 1.165) is 5.56 Å². The van der Waals surface area contributed by atoms with Gasteiger partial charge in [-0.3, -0.25) is 0 Å². The molecule has 0 saturated carbocycles. The molecule has 1 aromatic carbocycles. The third kappa shape index (κ3) is 1.16.